The number of hydrogen-bond donors (Lipinski definition) is 0. The summed E-state index contributed by atoms with van der Waals surface area (Å²) in [6.45, 7) is 0. The fourth-order valence-electron chi connectivity index (χ4n) is 8.95. The molecule has 0 aromatic heterocycles. The van der Waals surface area contributed by atoms with Crippen LogP contribution in [0.5, 0.6) is 0 Å². The Labute approximate surface area is 364 Å². The Balaban J connectivity index is 1.13. The number of hydrogen-bond acceptors (Lipinski definition) is 1. The first-order valence-corrected chi connectivity index (χ1v) is 20.0. The number of fused-ring (bicyclic) bond motifs is 4. The smallest absolute Gasteiger partial charge is 0.0714 e. The standard InChI is InChI=1S/C59H41N/c1-4-15-42(16-5-1)44-29-33-52(34-30-44)60(53-35-31-45(32-36-53)47-19-14-20-48(39-47)49-28-27-43-17-10-11-18-46(43)40-49)54-37-38-56-55-25-12-13-26-57(55)59(58(56)41-54,50-21-6-2-7-22-50)51-23-8-3-9-24-51/h1-41H/i1D,4D,5D,15D,16D,29D,30D,33D,34D. The predicted octanol–water partition coefficient (Wildman–Crippen LogP) is 15.7. The molecule has 10 aromatic rings. The molecular weight excluding hydrogens is 723 g/mol. The Hall–Kier alpha value is -7.74. The van der Waals surface area contributed by atoms with Crippen LogP contribution in [0.15, 0.2) is 249 Å². The van der Waals surface area contributed by atoms with Gasteiger partial charge in [-0.15, -0.1) is 0 Å². The Morgan fingerprint density at radius 3 is 1.62 bits per heavy atom. The van der Waals surface area contributed by atoms with Gasteiger partial charge in [0.1, 0.15) is 0 Å². The molecule has 1 heteroatoms. The Morgan fingerprint density at radius 1 is 0.317 bits per heavy atom. The highest BCUT2D eigenvalue weighted by molar-refractivity contribution is 5.91. The van der Waals surface area contributed by atoms with Crippen LogP contribution in [0.2, 0.25) is 0 Å². The summed E-state index contributed by atoms with van der Waals surface area (Å²) in [7, 11) is 0. The van der Waals surface area contributed by atoms with Crippen molar-refractivity contribution in [3.8, 4) is 44.5 Å². The zero-order valence-corrected chi connectivity index (χ0v) is 32.4. The van der Waals surface area contributed by atoms with E-state index in [1.54, 1.807) is 4.90 Å². The van der Waals surface area contributed by atoms with Crippen molar-refractivity contribution in [2.24, 2.45) is 0 Å². The molecule has 0 aliphatic heterocycles. The monoisotopic (exact) mass is 772 g/mol. The van der Waals surface area contributed by atoms with Gasteiger partial charge in [-0.25, -0.2) is 0 Å². The molecule has 282 valence electrons. The van der Waals surface area contributed by atoms with E-state index in [4.69, 9.17) is 6.85 Å². The van der Waals surface area contributed by atoms with Crippen LogP contribution in [0.4, 0.5) is 17.1 Å². The molecule has 0 saturated carbocycles. The molecule has 60 heavy (non-hydrogen) atoms. The minimum Gasteiger partial charge on any atom is -0.310 e. The van der Waals surface area contributed by atoms with Crippen LogP contribution in [-0.4, -0.2) is 0 Å². The van der Waals surface area contributed by atoms with E-state index in [-0.39, 0.29) is 11.3 Å². The van der Waals surface area contributed by atoms with E-state index < -0.39 is 65.4 Å². The van der Waals surface area contributed by atoms with Gasteiger partial charge in [-0.3, -0.25) is 0 Å². The summed E-state index contributed by atoms with van der Waals surface area (Å²) < 4.78 is 80.7. The summed E-state index contributed by atoms with van der Waals surface area (Å²) in [6.07, 6.45) is 0. The molecule has 0 spiro atoms. The molecule has 1 aliphatic carbocycles. The van der Waals surface area contributed by atoms with E-state index in [1.807, 2.05) is 91.0 Å². The first-order valence-electron chi connectivity index (χ1n) is 24.5. The summed E-state index contributed by atoms with van der Waals surface area (Å²) in [4.78, 5) is 1.74. The fourth-order valence-corrected chi connectivity index (χ4v) is 8.95. The third-order valence-corrected chi connectivity index (χ3v) is 11.7. The number of anilines is 3. The highest BCUT2D eigenvalue weighted by Crippen LogP contribution is 2.57. The van der Waals surface area contributed by atoms with Gasteiger partial charge in [0.2, 0.25) is 0 Å². The van der Waals surface area contributed by atoms with Gasteiger partial charge >= 0.3 is 0 Å². The Kier molecular flexibility index (Phi) is 6.71. The molecule has 0 radical (unpaired) electrons. The van der Waals surface area contributed by atoms with Crippen LogP contribution in [0.3, 0.4) is 0 Å². The van der Waals surface area contributed by atoms with Gasteiger partial charge < -0.3 is 4.90 Å². The lowest BCUT2D eigenvalue weighted by Gasteiger charge is -2.35. The van der Waals surface area contributed by atoms with Crippen LogP contribution in [0, 0.1) is 0 Å². The minimum atomic E-state index is -0.782. The Morgan fingerprint density at radius 2 is 0.883 bits per heavy atom. The summed E-state index contributed by atoms with van der Waals surface area (Å²) in [6, 6.07) is 61.0. The lowest BCUT2D eigenvalue weighted by molar-refractivity contribution is 0.768. The second-order valence-corrected chi connectivity index (χ2v) is 15.0. The molecule has 10 aromatic carbocycles. The predicted molar refractivity (Wildman–Crippen MR) is 252 cm³/mol. The second-order valence-electron chi connectivity index (χ2n) is 15.0. The molecule has 0 N–H and O–H groups in total. The van der Waals surface area contributed by atoms with Crippen LogP contribution < -0.4 is 4.90 Å². The molecule has 0 saturated heterocycles. The van der Waals surface area contributed by atoms with Crippen molar-refractivity contribution in [3.63, 3.8) is 0 Å². The zero-order chi connectivity index (χ0) is 47.7. The number of rotatable bonds is 8. The first-order chi connectivity index (χ1) is 33.5. The van der Waals surface area contributed by atoms with E-state index in [0.717, 1.165) is 61.0 Å². The van der Waals surface area contributed by atoms with Crippen LogP contribution in [0.25, 0.3) is 55.3 Å². The molecule has 11 rings (SSSR count). The normalized spacial score (nSPS) is 14.6. The van der Waals surface area contributed by atoms with Crippen molar-refractivity contribution in [2.75, 3.05) is 4.90 Å². The van der Waals surface area contributed by atoms with Gasteiger partial charge in [0, 0.05) is 17.1 Å². The quantitative estimate of drug-likeness (QED) is 0.149. The molecule has 1 nitrogen and oxygen atoms in total. The number of benzene rings is 10. The highest BCUT2D eigenvalue weighted by Gasteiger charge is 2.46. The molecule has 0 heterocycles. The third kappa shape index (κ3) is 6.03. The van der Waals surface area contributed by atoms with Crippen molar-refractivity contribution in [1.82, 2.24) is 0 Å². The van der Waals surface area contributed by atoms with Crippen molar-refractivity contribution < 1.29 is 12.3 Å². The van der Waals surface area contributed by atoms with E-state index in [2.05, 4.69) is 103 Å². The second kappa shape index (κ2) is 14.9. The minimum absolute atomic E-state index is 0.0624. The van der Waals surface area contributed by atoms with E-state index in [0.29, 0.717) is 11.4 Å². The van der Waals surface area contributed by atoms with E-state index in [1.165, 1.54) is 5.39 Å². The largest absolute Gasteiger partial charge is 0.310 e. The number of nitrogens with zero attached hydrogens (tertiary/aromatic N) is 1. The molecule has 0 unspecified atom stereocenters. The molecule has 0 bridgehead atoms. The van der Waals surface area contributed by atoms with E-state index in [9.17, 15) is 5.48 Å². The summed E-state index contributed by atoms with van der Waals surface area (Å²) in [5, 5.41) is 2.32. The molecule has 1 aliphatic rings. The molecule has 0 amide bonds. The topological polar surface area (TPSA) is 3.24 Å². The maximum atomic E-state index is 9.69. The van der Waals surface area contributed by atoms with Crippen LogP contribution in [-0.2, 0) is 5.41 Å². The fraction of sp³-hybridized carbons (Fsp3) is 0.0169. The van der Waals surface area contributed by atoms with Gasteiger partial charge in [0.15, 0.2) is 0 Å². The van der Waals surface area contributed by atoms with Crippen LogP contribution in [0.1, 0.15) is 34.6 Å². The highest BCUT2D eigenvalue weighted by atomic mass is 15.1. The average Bonchev–Trinajstić information content (AvgIpc) is 3.70. The Bertz CT molecular complexity index is 3570. The van der Waals surface area contributed by atoms with Gasteiger partial charge in [-0.1, -0.05) is 200 Å². The molecule has 0 fully saturated rings. The van der Waals surface area contributed by atoms with Crippen molar-refractivity contribution in [3.05, 3.63) is 271 Å². The summed E-state index contributed by atoms with van der Waals surface area (Å²) in [5.74, 6) is 0. The maximum Gasteiger partial charge on any atom is 0.0714 e. The zero-order valence-electron chi connectivity index (χ0n) is 41.4. The van der Waals surface area contributed by atoms with E-state index >= 15 is 0 Å². The van der Waals surface area contributed by atoms with Gasteiger partial charge in [-0.2, -0.15) is 0 Å². The average molecular weight is 773 g/mol. The van der Waals surface area contributed by atoms with Gasteiger partial charge in [0.25, 0.3) is 0 Å². The lowest BCUT2D eigenvalue weighted by atomic mass is 9.67. The van der Waals surface area contributed by atoms with Crippen LogP contribution >= 0.6 is 0 Å². The summed E-state index contributed by atoms with van der Waals surface area (Å²) >= 11 is 0. The summed E-state index contributed by atoms with van der Waals surface area (Å²) in [5.41, 5.74) is 9.83. The lowest BCUT2D eigenvalue weighted by Crippen LogP contribution is -2.28. The first kappa shape index (κ1) is 27.0. The van der Waals surface area contributed by atoms with Crippen molar-refractivity contribution >= 4 is 27.8 Å². The third-order valence-electron chi connectivity index (χ3n) is 11.7. The van der Waals surface area contributed by atoms with Crippen molar-refractivity contribution in [1.29, 1.82) is 0 Å². The molecule has 0 atom stereocenters. The maximum absolute atomic E-state index is 9.69. The van der Waals surface area contributed by atoms with Gasteiger partial charge in [0.05, 0.1) is 17.8 Å². The molecular formula is C59H41N. The van der Waals surface area contributed by atoms with Gasteiger partial charge in [-0.05, 0) is 126 Å². The van der Waals surface area contributed by atoms with Crippen molar-refractivity contribution in [2.45, 2.75) is 5.41 Å². The SMILES string of the molecule is [2H]c1c([2H])c([2H])c(-c2c([2H])c([2H])c(N(c3ccc(-c4cccc(-c5ccc6ccccc6c5)c4)cc3)c3ccc4c(c3)C(c3ccccc3)(c3ccccc3)c3ccccc3-4)c([2H])c2[2H])c([2H])c1[2H].